The van der Waals surface area contributed by atoms with E-state index in [4.69, 9.17) is 9.47 Å². The molecule has 0 bridgehead atoms. The number of urea groups is 1. The quantitative estimate of drug-likeness (QED) is 0.200. The average Bonchev–Trinajstić information content (AvgIpc) is 2.74. The third-order valence-electron chi connectivity index (χ3n) is 4.28. The second-order valence-electron chi connectivity index (χ2n) is 6.40. The van der Waals surface area contributed by atoms with E-state index in [2.05, 4.69) is 27.9 Å². The van der Waals surface area contributed by atoms with Crippen molar-refractivity contribution in [3.8, 4) is 11.5 Å². The highest BCUT2D eigenvalue weighted by Gasteiger charge is 2.36. The van der Waals surface area contributed by atoms with E-state index >= 15 is 0 Å². The number of benzene rings is 2. The van der Waals surface area contributed by atoms with Crippen LogP contribution < -0.4 is 19.7 Å². The molecule has 2 aromatic rings. The predicted octanol–water partition coefficient (Wildman–Crippen LogP) is 3.67. The minimum Gasteiger partial charge on any atom is -0.490 e. The smallest absolute Gasteiger partial charge is 0.335 e. The molecule has 1 aliphatic rings. The third kappa shape index (κ3) is 5.10. The van der Waals surface area contributed by atoms with Gasteiger partial charge in [0.2, 0.25) is 0 Å². The molecular formula is C22H19IN2O6. The summed E-state index contributed by atoms with van der Waals surface area (Å²) < 4.78 is 11.7. The molecule has 0 unspecified atom stereocenters. The van der Waals surface area contributed by atoms with Crippen LogP contribution in [0.4, 0.5) is 10.5 Å². The Kier molecular flexibility index (Phi) is 7.06. The van der Waals surface area contributed by atoms with Gasteiger partial charge in [0.25, 0.3) is 11.8 Å². The molecule has 1 N–H and O–H groups in total. The lowest BCUT2D eigenvalue weighted by Crippen LogP contribution is -2.54. The first-order valence-corrected chi connectivity index (χ1v) is 10.6. The number of nitrogens with zero attached hydrogens (tertiary/aromatic N) is 1. The topological polar surface area (TPSA) is 102 Å². The number of imide groups is 2. The molecular weight excluding hydrogens is 515 g/mol. The Labute approximate surface area is 192 Å². The highest BCUT2D eigenvalue weighted by Crippen LogP contribution is 2.30. The van der Waals surface area contributed by atoms with E-state index in [1.807, 2.05) is 0 Å². The lowest BCUT2D eigenvalue weighted by molar-refractivity contribution is -0.134. The van der Waals surface area contributed by atoms with Gasteiger partial charge in [0.15, 0.2) is 11.5 Å². The van der Waals surface area contributed by atoms with Crippen LogP contribution in [-0.2, 0) is 14.4 Å². The van der Waals surface area contributed by atoms with E-state index in [-0.39, 0.29) is 17.7 Å². The van der Waals surface area contributed by atoms with Gasteiger partial charge in [0, 0.05) is 9.99 Å². The van der Waals surface area contributed by atoms with Crippen LogP contribution in [-0.4, -0.2) is 30.4 Å². The Morgan fingerprint density at radius 1 is 1.06 bits per heavy atom. The van der Waals surface area contributed by atoms with E-state index in [0.717, 1.165) is 8.47 Å². The van der Waals surface area contributed by atoms with Crippen LogP contribution in [0.5, 0.6) is 11.5 Å². The number of hydrogen-bond donors (Lipinski definition) is 1. The van der Waals surface area contributed by atoms with Crippen molar-refractivity contribution >= 4 is 58.2 Å². The number of nitrogens with one attached hydrogen (secondary N) is 1. The van der Waals surface area contributed by atoms with Crippen molar-refractivity contribution in [1.82, 2.24) is 5.32 Å². The molecule has 1 aliphatic heterocycles. The van der Waals surface area contributed by atoms with Gasteiger partial charge >= 0.3 is 12.0 Å². The van der Waals surface area contributed by atoms with Crippen molar-refractivity contribution in [3.05, 3.63) is 57.2 Å². The highest BCUT2D eigenvalue weighted by molar-refractivity contribution is 14.1. The minimum absolute atomic E-state index is 0.203. The average molecular weight is 534 g/mol. The molecule has 3 rings (SSSR count). The maximum Gasteiger partial charge on any atom is 0.335 e. The van der Waals surface area contributed by atoms with E-state index in [9.17, 15) is 19.2 Å². The first kappa shape index (κ1) is 22.5. The Morgan fingerprint density at radius 3 is 2.42 bits per heavy atom. The van der Waals surface area contributed by atoms with E-state index < -0.39 is 23.8 Å². The van der Waals surface area contributed by atoms with Crippen molar-refractivity contribution in [3.63, 3.8) is 0 Å². The molecule has 1 fully saturated rings. The number of hydrogen-bond acceptors (Lipinski definition) is 6. The van der Waals surface area contributed by atoms with Gasteiger partial charge in [-0.25, -0.2) is 9.69 Å². The summed E-state index contributed by atoms with van der Waals surface area (Å²) in [6.45, 7) is 3.78. The van der Waals surface area contributed by atoms with E-state index in [0.29, 0.717) is 23.6 Å². The number of carbonyl (C=O) groups is 4. The number of esters is 1. The lowest BCUT2D eigenvalue weighted by atomic mass is 10.1. The molecule has 0 aliphatic carbocycles. The number of halogens is 1. The van der Waals surface area contributed by atoms with Crippen LogP contribution in [0.1, 0.15) is 25.8 Å². The lowest BCUT2D eigenvalue weighted by Gasteiger charge is -2.26. The molecule has 2 aromatic carbocycles. The van der Waals surface area contributed by atoms with Crippen LogP contribution in [0.15, 0.2) is 48.0 Å². The number of carbonyl (C=O) groups excluding carboxylic acids is 4. The van der Waals surface area contributed by atoms with Gasteiger partial charge in [0.1, 0.15) is 5.57 Å². The molecule has 31 heavy (non-hydrogen) atoms. The number of anilines is 1. The van der Waals surface area contributed by atoms with Gasteiger partial charge < -0.3 is 9.47 Å². The summed E-state index contributed by atoms with van der Waals surface area (Å²) in [6, 6.07) is 10.6. The fourth-order valence-electron chi connectivity index (χ4n) is 2.81. The van der Waals surface area contributed by atoms with Gasteiger partial charge in [-0.3, -0.25) is 19.7 Å². The number of ether oxygens (including phenoxy) is 2. The molecule has 0 atom stereocenters. The standard InChI is InChI=1S/C22H19IN2O6/c1-3-19(26)31-17-10-5-13(12-18(17)30-4-2)11-16-20(27)24-22(29)25(21(16)28)15-8-6-14(23)7-9-15/h5-12H,3-4H2,1-2H3,(H,24,27,29)/b16-11-. The largest absolute Gasteiger partial charge is 0.490 e. The Hall–Kier alpha value is -3.21. The fraction of sp³-hybridized carbons (Fsp3) is 0.182. The zero-order valence-electron chi connectivity index (χ0n) is 16.8. The Balaban J connectivity index is 1.97. The van der Waals surface area contributed by atoms with Crippen molar-refractivity contribution < 1.29 is 28.7 Å². The number of barbiturate groups is 1. The van der Waals surface area contributed by atoms with E-state index in [1.54, 1.807) is 50.2 Å². The van der Waals surface area contributed by atoms with Crippen molar-refractivity contribution in [2.24, 2.45) is 0 Å². The minimum atomic E-state index is -0.815. The molecule has 0 spiro atoms. The van der Waals surface area contributed by atoms with Crippen molar-refractivity contribution in [1.29, 1.82) is 0 Å². The summed E-state index contributed by atoms with van der Waals surface area (Å²) >= 11 is 2.11. The molecule has 1 saturated heterocycles. The third-order valence-corrected chi connectivity index (χ3v) is 5.00. The highest BCUT2D eigenvalue weighted by atomic mass is 127. The molecule has 0 aromatic heterocycles. The molecule has 4 amide bonds. The normalized spacial score (nSPS) is 15.1. The van der Waals surface area contributed by atoms with Gasteiger partial charge in [-0.1, -0.05) is 13.0 Å². The molecule has 8 nitrogen and oxygen atoms in total. The van der Waals surface area contributed by atoms with Crippen LogP contribution in [0.25, 0.3) is 6.08 Å². The van der Waals surface area contributed by atoms with Gasteiger partial charge in [-0.2, -0.15) is 0 Å². The summed E-state index contributed by atoms with van der Waals surface area (Å²) in [5, 5.41) is 2.18. The van der Waals surface area contributed by atoms with Crippen LogP contribution >= 0.6 is 22.6 Å². The van der Waals surface area contributed by atoms with Crippen molar-refractivity contribution in [2.45, 2.75) is 20.3 Å². The molecule has 9 heteroatoms. The molecule has 1 heterocycles. The van der Waals surface area contributed by atoms with E-state index in [1.165, 1.54) is 12.1 Å². The summed E-state index contributed by atoms with van der Waals surface area (Å²) in [7, 11) is 0. The summed E-state index contributed by atoms with van der Waals surface area (Å²) in [6.07, 6.45) is 1.56. The van der Waals surface area contributed by atoms with Crippen LogP contribution in [0.2, 0.25) is 0 Å². The predicted molar refractivity (Wildman–Crippen MR) is 122 cm³/mol. The van der Waals surface area contributed by atoms with Crippen LogP contribution in [0.3, 0.4) is 0 Å². The Bertz CT molecular complexity index is 1080. The molecule has 0 radical (unpaired) electrons. The monoisotopic (exact) mass is 534 g/mol. The van der Waals surface area contributed by atoms with Gasteiger partial charge in [0.05, 0.1) is 12.3 Å². The maximum absolute atomic E-state index is 13.0. The second-order valence-corrected chi connectivity index (χ2v) is 7.65. The van der Waals surface area contributed by atoms with Crippen LogP contribution in [0, 0.1) is 3.57 Å². The number of rotatable bonds is 6. The summed E-state index contributed by atoms with van der Waals surface area (Å²) in [4.78, 5) is 50.2. The van der Waals surface area contributed by atoms with Gasteiger partial charge in [-0.05, 0) is 77.6 Å². The molecule has 160 valence electrons. The molecule has 0 saturated carbocycles. The second kappa shape index (κ2) is 9.73. The fourth-order valence-corrected chi connectivity index (χ4v) is 3.17. The Morgan fingerprint density at radius 2 is 1.77 bits per heavy atom. The summed E-state index contributed by atoms with van der Waals surface area (Å²) in [5.41, 5.74) is 0.604. The first-order chi connectivity index (χ1) is 14.8. The first-order valence-electron chi connectivity index (χ1n) is 9.48. The SMILES string of the molecule is CCOc1cc(/C=C2/C(=O)NC(=O)N(c3ccc(I)cc3)C2=O)ccc1OC(=O)CC. The van der Waals surface area contributed by atoms with Crippen molar-refractivity contribution in [2.75, 3.05) is 11.5 Å². The maximum atomic E-state index is 13.0. The zero-order chi connectivity index (χ0) is 22.5. The summed E-state index contributed by atoms with van der Waals surface area (Å²) in [5.74, 6) is -1.41. The zero-order valence-corrected chi connectivity index (χ0v) is 19.0. The number of amides is 4. The van der Waals surface area contributed by atoms with Gasteiger partial charge in [-0.15, -0.1) is 0 Å².